The van der Waals surface area contributed by atoms with Gasteiger partial charge in [0.15, 0.2) is 0 Å². The predicted octanol–water partition coefficient (Wildman–Crippen LogP) is 1.47. The van der Waals surface area contributed by atoms with Crippen molar-refractivity contribution in [2.24, 2.45) is 0 Å². The van der Waals surface area contributed by atoms with Gasteiger partial charge in [-0.3, -0.25) is 0 Å². The first-order chi connectivity index (χ1) is 6.75. The van der Waals surface area contributed by atoms with E-state index in [4.69, 9.17) is 5.11 Å². The van der Waals surface area contributed by atoms with Crippen molar-refractivity contribution in [3.63, 3.8) is 0 Å². The molecule has 0 saturated carbocycles. The summed E-state index contributed by atoms with van der Waals surface area (Å²) >= 11 is 1.78. The summed E-state index contributed by atoms with van der Waals surface area (Å²) in [5.41, 5.74) is 0. The Labute approximate surface area is 88.7 Å². The molecule has 1 N–H and O–H groups in total. The van der Waals surface area contributed by atoms with Crippen molar-refractivity contribution in [1.29, 1.82) is 0 Å². The molecule has 4 nitrogen and oxygen atoms in total. The summed E-state index contributed by atoms with van der Waals surface area (Å²) in [6.45, 7) is 4.46. The van der Waals surface area contributed by atoms with Crippen LogP contribution >= 0.6 is 11.8 Å². The molecule has 0 amide bonds. The molecule has 5 heteroatoms. The lowest BCUT2D eigenvalue weighted by molar-refractivity contribution is 0.296. The molecule has 0 saturated heterocycles. The lowest BCUT2D eigenvalue weighted by Gasteiger charge is -2.08. The topological polar surface area (TPSA) is 50.9 Å². The van der Waals surface area contributed by atoms with E-state index < -0.39 is 0 Å². The van der Waals surface area contributed by atoms with E-state index in [0.29, 0.717) is 6.04 Å². The zero-order valence-corrected chi connectivity index (χ0v) is 9.50. The predicted molar refractivity (Wildman–Crippen MR) is 58.3 cm³/mol. The Morgan fingerprint density at radius 2 is 2.36 bits per heavy atom. The van der Waals surface area contributed by atoms with Gasteiger partial charge >= 0.3 is 0 Å². The monoisotopic (exact) mass is 215 g/mol. The summed E-state index contributed by atoms with van der Waals surface area (Å²) in [5.74, 6) is 2.86. The second-order valence-corrected chi connectivity index (χ2v) is 4.45. The van der Waals surface area contributed by atoms with E-state index in [9.17, 15) is 0 Å². The van der Waals surface area contributed by atoms with Crippen molar-refractivity contribution >= 4 is 11.8 Å². The summed E-state index contributed by atoms with van der Waals surface area (Å²) < 4.78 is 1.94. The van der Waals surface area contributed by atoms with E-state index in [-0.39, 0.29) is 6.61 Å². The van der Waals surface area contributed by atoms with Crippen LogP contribution in [0.2, 0.25) is 0 Å². The van der Waals surface area contributed by atoms with Gasteiger partial charge in [0.05, 0.1) is 5.75 Å². The summed E-state index contributed by atoms with van der Waals surface area (Å²) in [7, 11) is 0. The molecular weight excluding hydrogens is 198 g/mol. The Balaban J connectivity index is 2.38. The van der Waals surface area contributed by atoms with Crippen LogP contribution in [0.5, 0.6) is 0 Å². The molecule has 80 valence electrons. The molecule has 0 aromatic carbocycles. The van der Waals surface area contributed by atoms with Crippen LogP contribution in [0.1, 0.15) is 32.1 Å². The van der Waals surface area contributed by atoms with Gasteiger partial charge in [0, 0.05) is 12.6 Å². The van der Waals surface area contributed by atoms with Crippen molar-refractivity contribution in [2.75, 3.05) is 12.4 Å². The minimum atomic E-state index is 0.268. The fourth-order valence-corrected chi connectivity index (χ4v) is 2.01. The van der Waals surface area contributed by atoms with E-state index in [0.717, 1.165) is 23.8 Å². The molecule has 0 spiro atoms. The molecule has 1 rings (SSSR count). The zero-order chi connectivity index (χ0) is 10.4. The standard InChI is InChI=1S/C9H17N3OS/c1-8(2)12-9(10-7-11-12)6-14-5-3-4-13/h7-8,13H,3-6H2,1-2H3. The molecule has 0 unspecified atom stereocenters. The molecule has 1 aromatic heterocycles. The van der Waals surface area contributed by atoms with E-state index in [1.807, 2.05) is 4.68 Å². The average molecular weight is 215 g/mol. The van der Waals surface area contributed by atoms with Crippen LogP contribution in [0.25, 0.3) is 0 Å². The molecule has 0 aliphatic carbocycles. The number of aromatic nitrogens is 3. The number of rotatable bonds is 6. The van der Waals surface area contributed by atoms with Gasteiger partial charge in [-0.2, -0.15) is 16.9 Å². The Hall–Kier alpha value is -0.550. The zero-order valence-electron chi connectivity index (χ0n) is 8.68. The van der Waals surface area contributed by atoms with Crippen LogP contribution in [-0.2, 0) is 5.75 Å². The highest BCUT2D eigenvalue weighted by Gasteiger charge is 2.06. The Kier molecular flexibility index (Phi) is 4.97. The summed E-state index contributed by atoms with van der Waals surface area (Å²) in [4.78, 5) is 4.20. The molecule has 0 bridgehead atoms. The maximum Gasteiger partial charge on any atom is 0.138 e. The van der Waals surface area contributed by atoms with E-state index in [2.05, 4.69) is 23.9 Å². The van der Waals surface area contributed by atoms with Crippen LogP contribution < -0.4 is 0 Å². The molecule has 0 aliphatic heterocycles. The maximum absolute atomic E-state index is 8.62. The van der Waals surface area contributed by atoms with Gasteiger partial charge < -0.3 is 5.11 Å². The van der Waals surface area contributed by atoms with Gasteiger partial charge in [0.1, 0.15) is 12.2 Å². The Bertz CT molecular complexity index is 262. The van der Waals surface area contributed by atoms with Gasteiger partial charge in [0.25, 0.3) is 0 Å². The molecular formula is C9H17N3OS. The normalized spacial score (nSPS) is 11.1. The van der Waals surface area contributed by atoms with Gasteiger partial charge in [-0.05, 0) is 26.0 Å². The Morgan fingerprint density at radius 1 is 1.57 bits per heavy atom. The van der Waals surface area contributed by atoms with Gasteiger partial charge in [-0.1, -0.05) is 0 Å². The first kappa shape index (κ1) is 11.5. The van der Waals surface area contributed by atoms with Crippen molar-refractivity contribution in [3.05, 3.63) is 12.2 Å². The third-order valence-electron chi connectivity index (χ3n) is 1.81. The van der Waals surface area contributed by atoms with Crippen molar-refractivity contribution in [1.82, 2.24) is 14.8 Å². The van der Waals surface area contributed by atoms with Crippen molar-refractivity contribution in [2.45, 2.75) is 32.1 Å². The fraction of sp³-hybridized carbons (Fsp3) is 0.778. The summed E-state index contributed by atoms with van der Waals surface area (Å²) in [6, 6.07) is 0.367. The number of thioether (sulfide) groups is 1. The molecule has 1 aromatic rings. The molecule has 0 fully saturated rings. The Morgan fingerprint density at radius 3 is 3.00 bits per heavy atom. The molecule has 14 heavy (non-hydrogen) atoms. The fourth-order valence-electron chi connectivity index (χ4n) is 1.14. The minimum absolute atomic E-state index is 0.268. The van der Waals surface area contributed by atoms with E-state index >= 15 is 0 Å². The number of hydrogen-bond acceptors (Lipinski definition) is 4. The van der Waals surface area contributed by atoms with E-state index in [1.165, 1.54) is 0 Å². The number of hydrogen-bond donors (Lipinski definition) is 1. The third kappa shape index (κ3) is 3.31. The molecule has 0 aliphatic rings. The highest BCUT2D eigenvalue weighted by Crippen LogP contribution is 2.13. The van der Waals surface area contributed by atoms with Crippen LogP contribution in [0.15, 0.2) is 6.33 Å². The SMILES string of the molecule is CC(C)n1ncnc1CSCCCO. The van der Waals surface area contributed by atoms with Gasteiger partial charge in [0.2, 0.25) is 0 Å². The molecule has 0 atom stereocenters. The second-order valence-electron chi connectivity index (χ2n) is 3.34. The third-order valence-corrected chi connectivity index (χ3v) is 2.85. The quantitative estimate of drug-likeness (QED) is 0.730. The lowest BCUT2D eigenvalue weighted by Crippen LogP contribution is -2.07. The van der Waals surface area contributed by atoms with Gasteiger partial charge in [-0.15, -0.1) is 0 Å². The van der Waals surface area contributed by atoms with Crippen molar-refractivity contribution < 1.29 is 5.11 Å². The molecule has 0 radical (unpaired) electrons. The minimum Gasteiger partial charge on any atom is -0.396 e. The highest BCUT2D eigenvalue weighted by atomic mass is 32.2. The first-order valence-electron chi connectivity index (χ1n) is 4.82. The van der Waals surface area contributed by atoms with Gasteiger partial charge in [-0.25, -0.2) is 9.67 Å². The first-order valence-corrected chi connectivity index (χ1v) is 5.98. The van der Waals surface area contributed by atoms with Crippen LogP contribution in [0, 0.1) is 0 Å². The van der Waals surface area contributed by atoms with Crippen LogP contribution in [0.4, 0.5) is 0 Å². The molecule has 1 heterocycles. The van der Waals surface area contributed by atoms with Crippen LogP contribution in [0.3, 0.4) is 0 Å². The number of aliphatic hydroxyl groups excluding tert-OH is 1. The second kappa shape index (κ2) is 6.03. The highest BCUT2D eigenvalue weighted by molar-refractivity contribution is 7.98. The summed E-state index contributed by atoms with van der Waals surface area (Å²) in [6.07, 6.45) is 2.45. The lowest BCUT2D eigenvalue weighted by atomic mass is 10.4. The number of aliphatic hydroxyl groups is 1. The van der Waals surface area contributed by atoms with Crippen LogP contribution in [-0.4, -0.2) is 32.2 Å². The summed E-state index contributed by atoms with van der Waals surface area (Å²) in [5, 5.41) is 12.8. The van der Waals surface area contributed by atoms with E-state index in [1.54, 1.807) is 18.1 Å². The number of nitrogens with zero attached hydrogens (tertiary/aromatic N) is 3. The smallest absolute Gasteiger partial charge is 0.138 e. The largest absolute Gasteiger partial charge is 0.396 e. The average Bonchev–Trinajstić information content (AvgIpc) is 2.60. The maximum atomic E-state index is 8.62. The van der Waals surface area contributed by atoms with Crippen molar-refractivity contribution in [3.8, 4) is 0 Å².